The number of hydrogen-bond donors (Lipinski definition) is 1. The van der Waals surface area contributed by atoms with Gasteiger partial charge < -0.3 is 10.1 Å². The van der Waals surface area contributed by atoms with E-state index in [9.17, 15) is 0 Å². The smallest absolute Gasteiger partial charge is 0.159 e. The molecule has 0 aliphatic heterocycles. The Bertz CT molecular complexity index is 456. The van der Waals surface area contributed by atoms with Crippen LogP contribution in [0.2, 0.25) is 0 Å². The van der Waals surface area contributed by atoms with Gasteiger partial charge in [-0.15, -0.1) is 0 Å². The molecular weight excluding hydrogens is 226 g/mol. The lowest BCUT2D eigenvalue weighted by Crippen LogP contribution is -2.18. The lowest BCUT2D eigenvalue weighted by molar-refractivity contribution is 0.199. The minimum atomic E-state index is 0.711. The van der Waals surface area contributed by atoms with Crippen LogP contribution in [-0.4, -0.2) is 30.2 Å². The van der Waals surface area contributed by atoms with Crippen molar-refractivity contribution in [3.05, 3.63) is 48.3 Å². The Hall–Kier alpha value is -1.78. The highest BCUT2D eigenvalue weighted by Gasteiger charge is 2.00. The second-order valence-corrected chi connectivity index (χ2v) is 3.95. The first-order valence-electron chi connectivity index (χ1n) is 5.96. The van der Waals surface area contributed by atoms with E-state index in [1.807, 2.05) is 42.7 Å². The Morgan fingerprint density at radius 2 is 1.83 bits per heavy atom. The van der Waals surface area contributed by atoms with Crippen LogP contribution in [0.15, 0.2) is 42.7 Å². The Kier molecular flexibility index (Phi) is 4.81. The number of methoxy groups -OCH3 is 1. The maximum absolute atomic E-state index is 4.96. The molecule has 0 amide bonds. The highest BCUT2D eigenvalue weighted by atomic mass is 16.5. The zero-order chi connectivity index (χ0) is 12.6. The van der Waals surface area contributed by atoms with Gasteiger partial charge in [0.15, 0.2) is 5.82 Å². The highest BCUT2D eigenvalue weighted by Crippen LogP contribution is 2.12. The molecule has 1 aromatic carbocycles. The van der Waals surface area contributed by atoms with Crippen molar-refractivity contribution in [2.75, 3.05) is 20.3 Å². The maximum atomic E-state index is 4.96. The van der Waals surface area contributed by atoms with E-state index in [0.29, 0.717) is 6.61 Å². The van der Waals surface area contributed by atoms with Crippen LogP contribution >= 0.6 is 0 Å². The van der Waals surface area contributed by atoms with Crippen molar-refractivity contribution in [3.63, 3.8) is 0 Å². The zero-order valence-corrected chi connectivity index (χ0v) is 10.5. The summed E-state index contributed by atoms with van der Waals surface area (Å²) in [5, 5.41) is 3.26. The lowest BCUT2D eigenvalue weighted by Gasteiger charge is -2.04. The average molecular weight is 243 g/mol. The molecule has 1 heterocycles. The fraction of sp³-hybridized carbons (Fsp3) is 0.286. The maximum Gasteiger partial charge on any atom is 0.159 e. The molecule has 1 aromatic heterocycles. The number of nitrogens with zero attached hydrogens (tertiary/aromatic N) is 2. The minimum absolute atomic E-state index is 0.711. The molecule has 0 bridgehead atoms. The fourth-order valence-electron chi connectivity index (χ4n) is 1.59. The predicted octanol–water partition coefficient (Wildman–Crippen LogP) is 1.88. The first kappa shape index (κ1) is 12.7. The van der Waals surface area contributed by atoms with Crippen molar-refractivity contribution >= 4 is 0 Å². The number of hydrogen-bond acceptors (Lipinski definition) is 4. The average Bonchev–Trinajstić information content (AvgIpc) is 2.45. The first-order valence-corrected chi connectivity index (χ1v) is 5.96. The van der Waals surface area contributed by atoms with E-state index >= 15 is 0 Å². The normalized spacial score (nSPS) is 10.5. The monoisotopic (exact) mass is 243 g/mol. The van der Waals surface area contributed by atoms with Crippen molar-refractivity contribution in [3.8, 4) is 11.4 Å². The van der Waals surface area contributed by atoms with Crippen LogP contribution in [-0.2, 0) is 11.3 Å². The zero-order valence-electron chi connectivity index (χ0n) is 10.5. The summed E-state index contributed by atoms with van der Waals surface area (Å²) in [6.07, 6.45) is 3.71. The molecule has 0 unspecified atom stereocenters. The van der Waals surface area contributed by atoms with E-state index in [-0.39, 0.29) is 0 Å². The summed E-state index contributed by atoms with van der Waals surface area (Å²) < 4.78 is 4.96. The molecule has 0 radical (unpaired) electrons. The summed E-state index contributed by atoms with van der Waals surface area (Å²) in [7, 11) is 1.69. The van der Waals surface area contributed by atoms with Crippen LogP contribution in [0.4, 0.5) is 0 Å². The van der Waals surface area contributed by atoms with Gasteiger partial charge >= 0.3 is 0 Å². The van der Waals surface area contributed by atoms with E-state index < -0.39 is 0 Å². The third-order valence-corrected chi connectivity index (χ3v) is 2.55. The van der Waals surface area contributed by atoms with Crippen LogP contribution < -0.4 is 5.32 Å². The van der Waals surface area contributed by atoms with Gasteiger partial charge in [-0.05, 0) is 0 Å². The molecule has 0 spiro atoms. The lowest BCUT2D eigenvalue weighted by atomic mass is 10.2. The molecule has 2 aromatic rings. The van der Waals surface area contributed by atoms with Crippen LogP contribution in [0, 0.1) is 0 Å². The van der Waals surface area contributed by atoms with Crippen LogP contribution in [0.25, 0.3) is 11.4 Å². The number of ether oxygens (including phenoxy) is 1. The first-order chi connectivity index (χ1) is 8.90. The third kappa shape index (κ3) is 3.61. The molecule has 94 valence electrons. The van der Waals surface area contributed by atoms with Crippen molar-refractivity contribution in [2.24, 2.45) is 0 Å². The molecule has 1 N–H and O–H groups in total. The van der Waals surface area contributed by atoms with Gasteiger partial charge in [0.25, 0.3) is 0 Å². The second-order valence-electron chi connectivity index (χ2n) is 3.95. The Labute approximate surface area is 107 Å². The topological polar surface area (TPSA) is 47.0 Å². The molecule has 0 atom stereocenters. The summed E-state index contributed by atoms with van der Waals surface area (Å²) in [5.74, 6) is 0.760. The number of rotatable bonds is 6. The van der Waals surface area contributed by atoms with Crippen molar-refractivity contribution in [2.45, 2.75) is 6.54 Å². The summed E-state index contributed by atoms with van der Waals surface area (Å²) in [6, 6.07) is 9.97. The Morgan fingerprint density at radius 3 is 2.50 bits per heavy atom. The minimum Gasteiger partial charge on any atom is -0.383 e. The van der Waals surface area contributed by atoms with Gasteiger partial charge in [0.1, 0.15) is 0 Å². The summed E-state index contributed by atoms with van der Waals surface area (Å²) in [6.45, 7) is 2.30. The molecular formula is C14H17N3O. The molecule has 2 rings (SSSR count). The summed E-state index contributed by atoms with van der Waals surface area (Å²) in [4.78, 5) is 8.73. The molecule has 0 saturated heterocycles. The molecule has 4 heteroatoms. The summed E-state index contributed by atoms with van der Waals surface area (Å²) in [5.41, 5.74) is 2.11. The van der Waals surface area contributed by atoms with Crippen molar-refractivity contribution < 1.29 is 4.74 Å². The van der Waals surface area contributed by atoms with Crippen LogP contribution in [0.1, 0.15) is 5.56 Å². The third-order valence-electron chi connectivity index (χ3n) is 2.55. The predicted molar refractivity (Wildman–Crippen MR) is 71.1 cm³/mol. The van der Waals surface area contributed by atoms with Gasteiger partial charge in [-0.25, -0.2) is 9.97 Å². The van der Waals surface area contributed by atoms with Gasteiger partial charge in [-0.3, -0.25) is 0 Å². The van der Waals surface area contributed by atoms with Crippen molar-refractivity contribution in [1.82, 2.24) is 15.3 Å². The van der Waals surface area contributed by atoms with E-state index in [1.165, 1.54) is 0 Å². The Balaban J connectivity index is 1.94. The number of nitrogens with one attached hydrogen (secondary N) is 1. The molecule has 18 heavy (non-hydrogen) atoms. The molecule has 0 fully saturated rings. The standard InChI is InChI=1S/C14H17N3O/c1-18-8-7-15-9-12-10-16-14(17-11-12)13-5-3-2-4-6-13/h2-6,10-11,15H,7-9H2,1H3. The highest BCUT2D eigenvalue weighted by molar-refractivity contribution is 5.53. The largest absolute Gasteiger partial charge is 0.383 e. The second kappa shape index (κ2) is 6.83. The van der Waals surface area contributed by atoms with Gasteiger partial charge in [0.05, 0.1) is 6.61 Å². The van der Waals surface area contributed by atoms with Crippen LogP contribution in [0.5, 0.6) is 0 Å². The van der Waals surface area contributed by atoms with Crippen LogP contribution in [0.3, 0.4) is 0 Å². The van der Waals surface area contributed by atoms with E-state index in [4.69, 9.17) is 4.74 Å². The molecule has 0 aliphatic rings. The fourth-order valence-corrected chi connectivity index (χ4v) is 1.59. The number of aromatic nitrogens is 2. The van der Waals surface area contributed by atoms with Crippen molar-refractivity contribution in [1.29, 1.82) is 0 Å². The molecule has 0 saturated carbocycles. The van der Waals surface area contributed by atoms with Gasteiger partial charge in [0.2, 0.25) is 0 Å². The van der Waals surface area contributed by atoms with Gasteiger partial charge in [-0.2, -0.15) is 0 Å². The van der Waals surface area contributed by atoms with Gasteiger partial charge in [-0.1, -0.05) is 30.3 Å². The molecule has 0 aliphatic carbocycles. The van der Waals surface area contributed by atoms with E-state index in [1.54, 1.807) is 7.11 Å². The Morgan fingerprint density at radius 1 is 1.11 bits per heavy atom. The molecule has 4 nitrogen and oxygen atoms in total. The van der Waals surface area contributed by atoms with E-state index in [0.717, 1.165) is 30.0 Å². The quantitative estimate of drug-likeness (QED) is 0.787. The van der Waals surface area contributed by atoms with Gasteiger partial charge in [0, 0.05) is 43.7 Å². The SMILES string of the molecule is COCCNCc1cnc(-c2ccccc2)nc1. The number of benzene rings is 1. The summed E-state index contributed by atoms with van der Waals surface area (Å²) >= 11 is 0. The van der Waals surface area contributed by atoms with E-state index in [2.05, 4.69) is 15.3 Å².